The first-order valence-electron chi connectivity index (χ1n) is 16.1. The number of hydrogen-bond acceptors (Lipinski definition) is 3. The number of hydrogen-bond donors (Lipinski definition) is 0. The van der Waals surface area contributed by atoms with E-state index >= 15 is 0 Å². The number of nitrogens with zero attached hydrogens (tertiary/aromatic N) is 3. The highest BCUT2D eigenvalue weighted by molar-refractivity contribution is 6.01. The van der Waals surface area contributed by atoms with Gasteiger partial charge in [-0.25, -0.2) is 15.0 Å². The van der Waals surface area contributed by atoms with E-state index in [1.54, 1.807) is 0 Å². The molecule has 6 aromatic carbocycles. The molecule has 0 N–H and O–H groups in total. The third-order valence-electron chi connectivity index (χ3n) is 9.66. The zero-order valence-electron chi connectivity index (χ0n) is 26.3. The summed E-state index contributed by atoms with van der Waals surface area (Å²) < 4.78 is 0. The molecule has 2 heterocycles. The molecule has 0 atom stereocenters. The minimum Gasteiger partial charge on any atom is -0.248 e. The summed E-state index contributed by atoms with van der Waals surface area (Å²) >= 11 is 0. The summed E-state index contributed by atoms with van der Waals surface area (Å²) in [7, 11) is 0. The molecule has 8 aromatic rings. The Hall–Kier alpha value is -5.93. The number of rotatable bonds is 4. The summed E-state index contributed by atoms with van der Waals surface area (Å²) in [6, 6.07) is 53.5. The Morgan fingerprint density at radius 1 is 0.404 bits per heavy atom. The van der Waals surface area contributed by atoms with Gasteiger partial charge in [-0.1, -0.05) is 135 Å². The van der Waals surface area contributed by atoms with E-state index in [0.717, 1.165) is 50.2 Å². The molecule has 0 unspecified atom stereocenters. The third kappa shape index (κ3) is 4.54. The maximum absolute atomic E-state index is 5.35. The van der Waals surface area contributed by atoms with E-state index in [4.69, 9.17) is 15.0 Å². The lowest BCUT2D eigenvalue weighted by atomic mass is 9.82. The maximum Gasteiger partial charge on any atom is 0.161 e. The zero-order chi connectivity index (χ0) is 31.5. The van der Waals surface area contributed by atoms with Crippen LogP contribution in [0.25, 0.3) is 78.0 Å². The van der Waals surface area contributed by atoms with Crippen LogP contribution in [0, 0.1) is 0 Å². The van der Waals surface area contributed by atoms with Gasteiger partial charge in [-0.15, -0.1) is 0 Å². The van der Waals surface area contributed by atoms with Crippen LogP contribution in [0.1, 0.15) is 25.0 Å². The summed E-state index contributed by atoms with van der Waals surface area (Å²) in [4.78, 5) is 15.9. The van der Waals surface area contributed by atoms with Crippen LogP contribution in [0.2, 0.25) is 0 Å². The van der Waals surface area contributed by atoms with Gasteiger partial charge in [-0.05, 0) is 63.4 Å². The number of pyridine rings is 1. The second kappa shape index (κ2) is 10.6. The molecular formula is C44H31N3. The van der Waals surface area contributed by atoms with Gasteiger partial charge in [-0.3, -0.25) is 0 Å². The van der Waals surface area contributed by atoms with Crippen LogP contribution in [0.3, 0.4) is 0 Å². The van der Waals surface area contributed by atoms with E-state index in [0.29, 0.717) is 5.82 Å². The Bertz CT molecular complexity index is 2420. The van der Waals surface area contributed by atoms with E-state index in [1.807, 2.05) is 12.1 Å². The molecule has 2 aromatic heterocycles. The predicted octanol–water partition coefficient (Wildman–Crippen LogP) is 11.2. The van der Waals surface area contributed by atoms with Crippen molar-refractivity contribution in [1.29, 1.82) is 0 Å². The van der Waals surface area contributed by atoms with E-state index in [2.05, 4.69) is 153 Å². The van der Waals surface area contributed by atoms with Gasteiger partial charge in [0.1, 0.15) is 0 Å². The molecule has 0 amide bonds. The average Bonchev–Trinajstić information content (AvgIpc) is 3.35. The van der Waals surface area contributed by atoms with Crippen molar-refractivity contribution in [2.75, 3.05) is 0 Å². The van der Waals surface area contributed by atoms with Crippen molar-refractivity contribution in [3.63, 3.8) is 0 Å². The highest BCUT2D eigenvalue weighted by Crippen LogP contribution is 2.50. The van der Waals surface area contributed by atoms with Crippen molar-refractivity contribution in [3.05, 3.63) is 163 Å². The van der Waals surface area contributed by atoms with Crippen molar-refractivity contribution in [2.45, 2.75) is 19.3 Å². The van der Waals surface area contributed by atoms with Gasteiger partial charge < -0.3 is 0 Å². The molecule has 1 aliphatic rings. The van der Waals surface area contributed by atoms with Crippen LogP contribution in [-0.4, -0.2) is 15.0 Å². The molecule has 0 saturated heterocycles. The summed E-state index contributed by atoms with van der Waals surface area (Å²) in [5.41, 5.74) is 12.8. The smallest absolute Gasteiger partial charge is 0.161 e. The highest BCUT2D eigenvalue weighted by atomic mass is 14.9. The summed E-state index contributed by atoms with van der Waals surface area (Å²) in [5, 5.41) is 3.44. The lowest BCUT2D eigenvalue weighted by Crippen LogP contribution is -2.14. The number of fused-ring (bicyclic) bond motifs is 5. The minimum absolute atomic E-state index is 0.134. The second-order valence-corrected chi connectivity index (χ2v) is 12.9. The summed E-state index contributed by atoms with van der Waals surface area (Å²) in [6.45, 7) is 4.63. The number of aromatic nitrogens is 3. The molecule has 3 heteroatoms. The van der Waals surface area contributed by atoms with Crippen LogP contribution in [0.15, 0.2) is 152 Å². The SMILES string of the molecule is CC1(C)c2ccccc2-c2cc3c(-c4nc(-c5ccccc5)cc(-c5ccccc5)n4)cc(-c4ccc5ccccc5c4)nc3cc21. The normalized spacial score (nSPS) is 13.1. The van der Waals surface area contributed by atoms with Crippen LogP contribution >= 0.6 is 0 Å². The topological polar surface area (TPSA) is 38.7 Å². The quantitative estimate of drug-likeness (QED) is 0.201. The Balaban J connectivity index is 1.35. The number of benzene rings is 6. The molecule has 0 saturated carbocycles. The van der Waals surface area contributed by atoms with Gasteiger partial charge in [0.05, 0.1) is 22.6 Å². The monoisotopic (exact) mass is 601 g/mol. The molecule has 222 valence electrons. The van der Waals surface area contributed by atoms with Crippen molar-refractivity contribution < 1.29 is 0 Å². The van der Waals surface area contributed by atoms with E-state index in [-0.39, 0.29) is 5.41 Å². The van der Waals surface area contributed by atoms with Gasteiger partial charge in [0, 0.05) is 33.1 Å². The van der Waals surface area contributed by atoms with Crippen molar-refractivity contribution in [2.24, 2.45) is 0 Å². The second-order valence-electron chi connectivity index (χ2n) is 12.9. The highest BCUT2D eigenvalue weighted by Gasteiger charge is 2.36. The minimum atomic E-state index is -0.134. The van der Waals surface area contributed by atoms with Crippen LogP contribution in [0.5, 0.6) is 0 Å². The van der Waals surface area contributed by atoms with Crippen molar-refractivity contribution >= 4 is 21.7 Å². The molecule has 0 bridgehead atoms. The summed E-state index contributed by atoms with van der Waals surface area (Å²) in [5.74, 6) is 0.685. The Morgan fingerprint density at radius 3 is 1.74 bits per heavy atom. The summed E-state index contributed by atoms with van der Waals surface area (Å²) in [6.07, 6.45) is 0. The van der Waals surface area contributed by atoms with Crippen LogP contribution in [-0.2, 0) is 5.41 Å². The van der Waals surface area contributed by atoms with E-state index in [1.165, 1.54) is 33.0 Å². The average molecular weight is 602 g/mol. The fourth-order valence-electron chi connectivity index (χ4n) is 7.18. The van der Waals surface area contributed by atoms with Gasteiger partial charge >= 0.3 is 0 Å². The lowest BCUT2D eigenvalue weighted by Gasteiger charge is -2.22. The van der Waals surface area contributed by atoms with Crippen LogP contribution < -0.4 is 0 Å². The fourth-order valence-corrected chi connectivity index (χ4v) is 7.18. The molecule has 0 fully saturated rings. The van der Waals surface area contributed by atoms with Gasteiger partial charge in [0.25, 0.3) is 0 Å². The standard InChI is InChI=1S/C44H31N3/c1-44(2)37-20-12-11-19-33(37)34-24-35-36(25-39(45-42(35)26-38(34)44)32-22-21-28-13-9-10-18-31(28)23-32)43-46-40(29-14-5-3-6-15-29)27-41(47-43)30-16-7-4-8-17-30/h3-27H,1-2H3. The zero-order valence-corrected chi connectivity index (χ0v) is 26.3. The molecular weight excluding hydrogens is 571 g/mol. The molecule has 47 heavy (non-hydrogen) atoms. The third-order valence-corrected chi connectivity index (χ3v) is 9.66. The first-order chi connectivity index (χ1) is 23.0. The first-order valence-corrected chi connectivity index (χ1v) is 16.1. The van der Waals surface area contributed by atoms with Crippen molar-refractivity contribution in [1.82, 2.24) is 15.0 Å². The largest absolute Gasteiger partial charge is 0.248 e. The van der Waals surface area contributed by atoms with Gasteiger partial charge in [0.2, 0.25) is 0 Å². The Morgan fingerprint density at radius 2 is 1.02 bits per heavy atom. The fraction of sp³-hybridized carbons (Fsp3) is 0.0682. The Kier molecular flexibility index (Phi) is 6.16. The lowest BCUT2D eigenvalue weighted by molar-refractivity contribution is 0.661. The Labute approximate surface area is 274 Å². The molecule has 9 rings (SSSR count). The first kappa shape index (κ1) is 27.4. The van der Waals surface area contributed by atoms with E-state index in [9.17, 15) is 0 Å². The van der Waals surface area contributed by atoms with Gasteiger partial charge in [-0.2, -0.15) is 0 Å². The van der Waals surface area contributed by atoms with Crippen LogP contribution in [0.4, 0.5) is 0 Å². The molecule has 1 aliphatic carbocycles. The van der Waals surface area contributed by atoms with Gasteiger partial charge in [0.15, 0.2) is 5.82 Å². The van der Waals surface area contributed by atoms with Crippen molar-refractivity contribution in [3.8, 4) is 56.3 Å². The molecule has 3 nitrogen and oxygen atoms in total. The molecule has 0 spiro atoms. The molecule has 0 radical (unpaired) electrons. The maximum atomic E-state index is 5.35. The molecule has 0 aliphatic heterocycles. The van der Waals surface area contributed by atoms with E-state index < -0.39 is 0 Å². The predicted molar refractivity (Wildman–Crippen MR) is 194 cm³/mol.